The molecule has 5 heteroatoms. The topological polar surface area (TPSA) is 65.4 Å². The van der Waals surface area contributed by atoms with Crippen LogP contribution in [-0.2, 0) is 10.3 Å². The zero-order valence-corrected chi connectivity index (χ0v) is 13.6. The van der Waals surface area contributed by atoms with Gasteiger partial charge in [-0.05, 0) is 48.5 Å². The summed E-state index contributed by atoms with van der Waals surface area (Å²) in [4.78, 5) is 8.68. The first kappa shape index (κ1) is 16.3. The Bertz CT molecular complexity index is 513. The molecule has 1 heterocycles. The summed E-state index contributed by atoms with van der Waals surface area (Å²) in [6.45, 7) is 14.0. The zero-order chi connectivity index (χ0) is 15.6. The molecule has 0 spiro atoms. The maximum atomic E-state index is 6.20. The van der Waals surface area contributed by atoms with E-state index in [0.29, 0.717) is 17.4 Å². The van der Waals surface area contributed by atoms with E-state index in [4.69, 9.17) is 10.5 Å². The highest BCUT2D eigenvalue weighted by Crippen LogP contribution is 2.23. The number of hydrogen-bond acceptors (Lipinski definition) is 4. The average molecular weight is 278 g/mol. The third kappa shape index (κ3) is 4.11. The Morgan fingerprint density at radius 1 is 1.30 bits per heavy atom. The lowest BCUT2D eigenvalue weighted by Crippen LogP contribution is -2.26. The van der Waals surface area contributed by atoms with Gasteiger partial charge in [-0.15, -0.1) is 0 Å². The molecule has 0 unspecified atom stereocenters. The van der Waals surface area contributed by atoms with Crippen molar-refractivity contribution in [2.24, 2.45) is 4.99 Å². The highest BCUT2D eigenvalue weighted by molar-refractivity contribution is 5.97. The van der Waals surface area contributed by atoms with Crippen LogP contribution in [0.1, 0.15) is 54.2 Å². The minimum atomic E-state index is -0.363. The number of allylic oxidation sites excluding steroid dienone is 1. The van der Waals surface area contributed by atoms with E-state index in [1.165, 1.54) is 0 Å². The Morgan fingerprint density at radius 3 is 2.30 bits per heavy atom. The van der Waals surface area contributed by atoms with E-state index in [-0.39, 0.29) is 11.1 Å². The number of nitrogens with two attached hydrogens (primary N) is 1. The van der Waals surface area contributed by atoms with E-state index < -0.39 is 0 Å². The minimum absolute atomic E-state index is 0.136. The predicted molar refractivity (Wildman–Crippen MR) is 83.8 cm³/mol. The Labute approximate surface area is 121 Å². The van der Waals surface area contributed by atoms with E-state index in [2.05, 4.69) is 30.7 Å². The predicted octanol–water partition coefficient (Wildman–Crippen LogP) is 3.32. The minimum Gasteiger partial charge on any atom is -0.470 e. The van der Waals surface area contributed by atoms with Gasteiger partial charge in [0.2, 0.25) is 5.90 Å². The van der Waals surface area contributed by atoms with Crippen molar-refractivity contribution in [3.63, 3.8) is 0 Å². The number of aromatic nitrogens is 2. The van der Waals surface area contributed by atoms with Gasteiger partial charge < -0.3 is 15.0 Å². The van der Waals surface area contributed by atoms with Gasteiger partial charge in [0.25, 0.3) is 0 Å². The van der Waals surface area contributed by atoms with Crippen molar-refractivity contribution in [2.75, 3.05) is 5.73 Å². The van der Waals surface area contributed by atoms with Gasteiger partial charge in [0.1, 0.15) is 11.4 Å². The monoisotopic (exact) mass is 278 g/mol. The second-order valence-electron chi connectivity index (χ2n) is 6.65. The summed E-state index contributed by atoms with van der Waals surface area (Å²) in [6.07, 6.45) is 5.24. The Kier molecular flexibility index (Phi) is 4.63. The molecule has 0 aliphatic heterocycles. The van der Waals surface area contributed by atoms with Gasteiger partial charge in [-0.25, -0.2) is 9.98 Å². The van der Waals surface area contributed by atoms with E-state index >= 15 is 0 Å². The molecular formula is C15H26N4O. The lowest BCUT2D eigenvalue weighted by Gasteiger charge is -2.23. The van der Waals surface area contributed by atoms with Crippen LogP contribution in [0.3, 0.4) is 0 Å². The number of hydrogen-bond donors (Lipinski definition) is 1. The van der Waals surface area contributed by atoms with Crippen LogP contribution in [0.4, 0.5) is 5.82 Å². The first-order chi connectivity index (χ1) is 9.06. The molecule has 0 amide bonds. The molecule has 0 radical (unpaired) electrons. The van der Waals surface area contributed by atoms with Crippen molar-refractivity contribution in [2.45, 2.75) is 59.6 Å². The fourth-order valence-electron chi connectivity index (χ4n) is 1.63. The fourth-order valence-corrected chi connectivity index (χ4v) is 1.63. The number of imidazole rings is 1. The molecule has 0 aliphatic rings. The van der Waals surface area contributed by atoms with E-state index in [9.17, 15) is 0 Å². The molecule has 1 aromatic rings. The molecule has 0 saturated carbocycles. The molecule has 5 nitrogen and oxygen atoms in total. The van der Waals surface area contributed by atoms with Gasteiger partial charge >= 0.3 is 0 Å². The summed E-state index contributed by atoms with van der Waals surface area (Å²) in [5.41, 5.74) is 6.27. The molecule has 1 rings (SSSR count). The van der Waals surface area contributed by atoms with E-state index in [1.54, 1.807) is 12.5 Å². The van der Waals surface area contributed by atoms with E-state index in [1.807, 2.05) is 38.3 Å². The number of anilines is 1. The second-order valence-corrected chi connectivity index (χ2v) is 6.65. The molecule has 112 valence electrons. The number of aliphatic imine (C=N–C) groups is 1. The third-order valence-corrected chi connectivity index (χ3v) is 2.47. The van der Waals surface area contributed by atoms with Gasteiger partial charge in [0.15, 0.2) is 5.69 Å². The molecule has 0 fully saturated rings. The molecule has 20 heavy (non-hydrogen) atoms. The van der Waals surface area contributed by atoms with Crippen LogP contribution >= 0.6 is 0 Å². The summed E-state index contributed by atoms with van der Waals surface area (Å²) >= 11 is 0. The van der Waals surface area contributed by atoms with Crippen molar-refractivity contribution >= 4 is 11.7 Å². The van der Waals surface area contributed by atoms with Crippen LogP contribution in [0.2, 0.25) is 0 Å². The third-order valence-electron chi connectivity index (χ3n) is 2.47. The number of nitrogen functional groups attached to an aromatic ring is 1. The summed E-state index contributed by atoms with van der Waals surface area (Å²) < 4.78 is 7.79. The summed E-state index contributed by atoms with van der Waals surface area (Å²) in [5, 5.41) is 0. The van der Waals surface area contributed by atoms with Crippen molar-refractivity contribution in [1.29, 1.82) is 0 Å². The van der Waals surface area contributed by atoms with Crippen LogP contribution in [0.15, 0.2) is 23.6 Å². The SMILES string of the molecule is C/C=C\N=C(OC(C)(C)C)c1ncn(C(C)(C)C)c1N. The number of ether oxygens (including phenoxy) is 1. The fraction of sp³-hybridized carbons (Fsp3) is 0.600. The lowest BCUT2D eigenvalue weighted by atomic mass is 10.1. The van der Waals surface area contributed by atoms with Gasteiger partial charge in [0, 0.05) is 11.7 Å². The molecular weight excluding hydrogens is 252 g/mol. The number of nitrogens with zero attached hydrogens (tertiary/aromatic N) is 3. The molecule has 0 saturated heterocycles. The van der Waals surface area contributed by atoms with Crippen LogP contribution in [0, 0.1) is 0 Å². The number of rotatable bonds is 2. The largest absolute Gasteiger partial charge is 0.470 e. The molecule has 0 aliphatic carbocycles. The molecule has 0 atom stereocenters. The summed E-state index contributed by atoms with van der Waals surface area (Å²) in [5.74, 6) is 1.00. The molecule has 0 bridgehead atoms. The Morgan fingerprint density at radius 2 is 1.90 bits per heavy atom. The summed E-state index contributed by atoms with van der Waals surface area (Å²) in [6, 6.07) is 0. The van der Waals surface area contributed by atoms with E-state index in [0.717, 1.165) is 0 Å². The van der Waals surface area contributed by atoms with Crippen molar-refractivity contribution < 1.29 is 4.74 Å². The first-order valence-electron chi connectivity index (χ1n) is 6.78. The van der Waals surface area contributed by atoms with Crippen LogP contribution in [0.5, 0.6) is 0 Å². The van der Waals surface area contributed by atoms with Gasteiger partial charge in [-0.1, -0.05) is 6.08 Å². The molecule has 1 aromatic heterocycles. The Balaban J connectivity index is 3.26. The molecule has 0 aromatic carbocycles. The molecule has 2 N–H and O–H groups in total. The van der Waals surface area contributed by atoms with Crippen molar-refractivity contribution in [3.05, 3.63) is 24.3 Å². The van der Waals surface area contributed by atoms with Gasteiger partial charge in [-0.3, -0.25) is 0 Å². The quantitative estimate of drug-likeness (QED) is 0.666. The smallest absolute Gasteiger partial charge is 0.244 e. The highest BCUT2D eigenvalue weighted by Gasteiger charge is 2.24. The van der Waals surface area contributed by atoms with Crippen molar-refractivity contribution in [3.8, 4) is 0 Å². The summed E-state index contributed by atoms with van der Waals surface area (Å²) in [7, 11) is 0. The highest BCUT2D eigenvalue weighted by atomic mass is 16.5. The lowest BCUT2D eigenvalue weighted by molar-refractivity contribution is 0.117. The standard InChI is InChI=1S/C15H26N4O/c1-8-9-17-13(20-15(5,6)7)11-12(16)19(10-18-11)14(2,3)4/h8-10H,16H2,1-7H3/b9-8-,17-13?. The normalized spacial score (nSPS) is 14.1. The first-order valence-corrected chi connectivity index (χ1v) is 6.78. The zero-order valence-electron chi connectivity index (χ0n) is 13.6. The Hall–Kier alpha value is -1.78. The van der Waals surface area contributed by atoms with Gasteiger partial charge in [-0.2, -0.15) is 0 Å². The average Bonchev–Trinajstić information content (AvgIpc) is 2.64. The van der Waals surface area contributed by atoms with Crippen LogP contribution < -0.4 is 5.73 Å². The van der Waals surface area contributed by atoms with Gasteiger partial charge in [0.05, 0.1) is 6.33 Å². The maximum absolute atomic E-state index is 6.20. The van der Waals surface area contributed by atoms with Crippen LogP contribution in [0.25, 0.3) is 0 Å². The maximum Gasteiger partial charge on any atom is 0.244 e. The van der Waals surface area contributed by atoms with Crippen LogP contribution in [-0.4, -0.2) is 21.0 Å². The second kappa shape index (κ2) is 5.69. The van der Waals surface area contributed by atoms with Crippen molar-refractivity contribution in [1.82, 2.24) is 9.55 Å².